The number of carbonyl (C=O) groups excluding carboxylic acids is 2. The zero-order chi connectivity index (χ0) is 13.7. The van der Waals surface area contributed by atoms with Crippen LogP contribution in [0.1, 0.15) is 19.3 Å². The van der Waals surface area contributed by atoms with Gasteiger partial charge in [0.15, 0.2) is 0 Å². The number of hydrogen-bond donors (Lipinski definition) is 1. The van der Waals surface area contributed by atoms with E-state index in [9.17, 15) is 9.59 Å². The average molecular weight is 270 g/mol. The highest BCUT2D eigenvalue weighted by Gasteiger charge is 2.30. The second-order valence-corrected chi connectivity index (χ2v) is 5.20. The average Bonchev–Trinajstić information content (AvgIpc) is 2.87. The molecule has 0 radical (unpaired) electrons. The van der Waals surface area contributed by atoms with Gasteiger partial charge in [0.1, 0.15) is 0 Å². The predicted octanol–water partition coefficient (Wildman–Crippen LogP) is -0.223. The summed E-state index contributed by atoms with van der Waals surface area (Å²) in [5.74, 6) is -0.217. The Labute approximate surface area is 113 Å². The number of hydrogen-bond acceptors (Lipinski definition) is 5. The van der Waals surface area contributed by atoms with Crippen molar-refractivity contribution < 1.29 is 19.1 Å². The van der Waals surface area contributed by atoms with Crippen molar-refractivity contribution in [2.24, 2.45) is 5.92 Å². The Morgan fingerprint density at radius 1 is 1.32 bits per heavy atom. The van der Waals surface area contributed by atoms with Crippen molar-refractivity contribution in [1.29, 1.82) is 0 Å². The number of nitrogens with zero attached hydrogens (tertiary/aromatic N) is 1. The standard InChI is InChI=1S/C13H22N2O4/c1-18-13(17)10-2-5-15(8-10)9-12(16)14-11-3-6-19-7-4-11/h10-11H,2-9H2,1H3,(H,14,16). The topological polar surface area (TPSA) is 67.9 Å². The highest BCUT2D eigenvalue weighted by atomic mass is 16.5. The maximum absolute atomic E-state index is 11.9. The second-order valence-electron chi connectivity index (χ2n) is 5.20. The van der Waals surface area contributed by atoms with Gasteiger partial charge in [0.2, 0.25) is 5.91 Å². The van der Waals surface area contributed by atoms with Crippen molar-refractivity contribution in [2.75, 3.05) is 40.0 Å². The fourth-order valence-corrected chi connectivity index (χ4v) is 2.65. The first-order chi connectivity index (χ1) is 9.19. The van der Waals surface area contributed by atoms with E-state index in [0.29, 0.717) is 13.1 Å². The van der Waals surface area contributed by atoms with Crippen LogP contribution in [0.4, 0.5) is 0 Å². The van der Waals surface area contributed by atoms with Gasteiger partial charge in [0.25, 0.3) is 0 Å². The normalized spacial score (nSPS) is 25.2. The molecule has 0 aromatic rings. The van der Waals surface area contributed by atoms with Gasteiger partial charge in [-0.2, -0.15) is 0 Å². The van der Waals surface area contributed by atoms with Gasteiger partial charge in [-0.05, 0) is 25.8 Å². The Bertz CT molecular complexity index is 329. The summed E-state index contributed by atoms with van der Waals surface area (Å²) >= 11 is 0. The van der Waals surface area contributed by atoms with Gasteiger partial charge in [-0.25, -0.2) is 0 Å². The number of nitrogens with one attached hydrogen (secondary N) is 1. The minimum absolute atomic E-state index is 0.0393. The Hall–Kier alpha value is -1.14. The number of carbonyl (C=O) groups is 2. The van der Waals surface area contributed by atoms with Crippen molar-refractivity contribution in [3.8, 4) is 0 Å². The van der Waals surface area contributed by atoms with Crippen molar-refractivity contribution in [3.63, 3.8) is 0 Å². The lowest BCUT2D eigenvalue weighted by Gasteiger charge is -2.24. The lowest BCUT2D eigenvalue weighted by molar-refractivity contribution is -0.145. The van der Waals surface area contributed by atoms with Crippen LogP contribution in [0.5, 0.6) is 0 Å². The molecule has 108 valence electrons. The van der Waals surface area contributed by atoms with Crippen LogP contribution >= 0.6 is 0 Å². The van der Waals surface area contributed by atoms with E-state index >= 15 is 0 Å². The van der Waals surface area contributed by atoms with E-state index in [1.165, 1.54) is 7.11 Å². The Morgan fingerprint density at radius 3 is 2.74 bits per heavy atom. The molecule has 2 aliphatic rings. The molecule has 2 aliphatic heterocycles. The van der Waals surface area contributed by atoms with Crippen molar-refractivity contribution >= 4 is 11.9 Å². The number of methoxy groups -OCH3 is 1. The maximum atomic E-state index is 11.9. The number of rotatable bonds is 4. The molecule has 0 spiro atoms. The lowest BCUT2D eigenvalue weighted by atomic mass is 10.1. The number of likely N-dealkylation sites (tertiary alicyclic amines) is 1. The summed E-state index contributed by atoms with van der Waals surface area (Å²) < 4.78 is 9.98. The van der Waals surface area contributed by atoms with Gasteiger partial charge in [-0.15, -0.1) is 0 Å². The van der Waals surface area contributed by atoms with Gasteiger partial charge in [0.05, 0.1) is 19.6 Å². The highest BCUT2D eigenvalue weighted by molar-refractivity contribution is 5.78. The van der Waals surface area contributed by atoms with Crippen molar-refractivity contribution in [2.45, 2.75) is 25.3 Å². The summed E-state index contributed by atoms with van der Waals surface area (Å²) in [6, 6.07) is 0.236. The molecule has 0 aromatic carbocycles. The fourth-order valence-electron chi connectivity index (χ4n) is 2.65. The molecule has 2 fully saturated rings. The molecule has 1 unspecified atom stereocenters. The fraction of sp³-hybridized carbons (Fsp3) is 0.846. The van der Waals surface area contributed by atoms with Gasteiger partial charge in [-0.3, -0.25) is 14.5 Å². The predicted molar refractivity (Wildman–Crippen MR) is 68.5 cm³/mol. The first-order valence-corrected chi connectivity index (χ1v) is 6.86. The minimum Gasteiger partial charge on any atom is -0.469 e. The molecular formula is C13H22N2O4. The van der Waals surface area contributed by atoms with Crippen molar-refractivity contribution in [1.82, 2.24) is 10.2 Å². The molecule has 6 nitrogen and oxygen atoms in total. The van der Waals surface area contributed by atoms with Crippen LogP contribution in [0.25, 0.3) is 0 Å². The van der Waals surface area contributed by atoms with Crippen LogP contribution in [0.3, 0.4) is 0 Å². The van der Waals surface area contributed by atoms with Crippen LogP contribution in [0.15, 0.2) is 0 Å². The van der Waals surface area contributed by atoms with Crippen LogP contribution in [0, 0.1) is 5.92 Å². The van der Waals surface area contributed by atoms with Crippen LogP contribution in [-0.2, 0) is 19.1 Å². The molecule has 1 amide bonds. The molecule has 19 heavy (non-hydrogen) atoms. The maximum Gasteiger partial charge on any atom is 0.310 e. The summed E-state index contributed by atoms with van der Waals surface area (Å²) in [6.45, 7) is 3.21. The van der Waals surface area contributed by atoms with Gasteiger partial charge >= 0.3 is 5.97 Å². The summed E-state index contributed by atoms with van der Waals surface area (Å²) in [7, 11) is 1.41. The Morgan fingerprint density at radius 2 is 2.05 bits per heavy atom. The Kier molecular flexibility index (Phi) is 5.15. The third-order valence-electron chi connectivity index (χ3n) is 3.76. The van der Waals surface area contributed by atoms with Crippen molar-refractivity contribution in [3.05, 3.63) is 0 Å². The smallest absolute Gasteiger partial charge is 0.310 e. The van der Waals surface area contributed by atoms with Crippen LogP contribution in [0.2, 0.25) is 0 Å². The zero-order valence-electron chi connectivity index (χ0n) is 11.4. The zero-order valence-corrected chi connectivity index (χ0v) is 11.4. The molecule has 6 heteroatoms. The van der Waals surface area contributed by atoms with Crippen LogP contribution in [-0.4, -0.2) is 62.8 Å². The third-order valence-corrected chi connectivity index (χ3v) is 3.76. The lowest BCUT2D eigenvalue weighted by Crippen LogP contribution is -2.43. The highest BCUT2D eigenvalue weighted by Crippen LogP contribution is 2.17. The molecule has 0 aliphatic carbocycles. The summed E-state index contributed by atoms with van der Waals surface area (Å²) in [6.07, 6.45) is 2.55. The largest absolute Gasteiger partial charge is 0.469 e. The summed E-state index contributed by atoms with van der Waals surface area (Å²) in [4.78, 5) is 25.3. The summed E-state index contributed by atoms with van der Waals surface area (Å²) in [5, 5.41) is 3.03. The molecule has 2 rings (SSSR count). The third kappa shape index (κ3) is 4.18. The van der Waals surface area contributed by atoms with Gasteiger partial charge < -0.3 is 14.8 Å². The summed E-state index contributed by atoms with van der Waals surface area (Å²) in [5.41, 5.74) is 0. The van der Waals surface area contributed by atoms with Gasteiger partial charge in [0, 0.05) is 25.8 Å². The monoisotopic (exact) mass is 270 g/mol. The number of ether oxygens (including phenoxy) is 2. The van der Waals surface area contributed by atoms with E-state index in [2.05, 4.69) is 5.32 Å². The number of esters is 1. The molecular weight excluding hydrogens is 248 g/mol. The van der Waals surface area contributed by atoms with Gasteiger partial charge in [-0.1, -0.05) is 0 Å². The molecule has 0 saturated carbocycles. The van der Waals surface area contributed by atoms with E-state index in [0.717, 1.165) is 39.0 Å². The number of amides is 1. The molecule has 0 bridgehead atoms. The van der Waals surface area contributed by atoms with E-state index in [-0.39, 0.29) is 23.8 Å². The second kappa shape index (κ2) is 6.86. The Balaban J connectivity index is 1.69. The molecule has 0 aromatic heterocycles. The van der Waals surface area contributed by atoms with E-state index in [4.69, 9.17) is 9.47 Å². The minimum atomic E-state index is -0.174. The molecule has 2 saturated heterocycles. The molecule has 2 heterocycles. The van der Waals surface area contributed by atoms with Crippen LogP contribution < -0.4 is 5.32 Å². The SMILES string of the molecule is COC(=O)C1CCN(CC(=O)NC2CCOCC2)C1. The quantitative estimate of drug-likeness (QED) is 0.715. The van der Waals surface area contributed by atoms with E-state index < -0.39 is 0 Å². The molecule has 1 atom stereocenters. The van der Waals surface area contributed by atoms with E-state index in [1.54, 1.807) is 0 Å². The first-order valence-electron chi connectivity index (χ1n) is 6.86. The van der Waals surface area contributed by atoms with E-state index in [1.807, 2.05) is 4.90 Å². The molecule has 1 N–H and O–H groups in total. The first kappa shape index (κ1) is 14.3.